The molecule has 2 heteroatoms. The number of epoxide rings is 1. The summed E-state index contributed by atoms with van der Waals surface area (Å²) in [6, 6.07) is 12.1. The van der Waals surface area contributed by atoms with Crippen LogP contribution in [0.1, 0.15) is 37.4 Å². The highest BCUT2D eigenvalue weighted by atomic mass is 16.6. The summed E-state index contributed by atoms with van der Waals surface area (Å²) in [6.45, 7) is 0. The van der Waals surface area contributed by atoms with E-state index >= 15 is 0 Å². The first kappa shape index (κ1) is 9.20. The first-order valence-electron chi connectivity index (χ1n) is 6.35. The van der Waals surface area contributed by atoms with E-state index < -0.39 is 0 Å². The van der Waals surface area contributed by atoms with Crippen LogP contribution in [0.5, 0.6) is 0 Å². The highest BCUT2D eigenvalue weighted by Crippen LogP contribution is 2.58. The normalized spacial score (nSPS) is 44.9. The summed E-state index contributed by atoms with van der Waals surface area (Å²) in [6.07, 6.45) is 5.49. The lowest BCUT2D eigenvalue weighted by atomic mass is 9.87. The molecule has 84 valence electrons. The third kappa shape index (κ3) is 1.26. The maximum Gasteiger partial charge on any atom is 0.112 e. The summed E-state index contributed by atoms with van der Waals surface area (Å²) < 4.78 is 6.07. The molecule has 2 bridgehead atoms. The maximum absolute atomic E-state index is 6.07. The van der Waals surface area contributed by atoms with Crippen molar-refractivity contribution in [3.8, 4) is 0 Å². The van der Waals surface area contributed by atoms with Gasteiger partial charge in [0.2, 0.25) is 0 Å². The zero-order chi connectivity index (χ0) is 10.6. The van der Waals surface area contributed by atoms with Gasteiger partial charge in [0.25, 0.3) is 0 Å². The average Bonchev–Trinajstić information content (AvgIpc) is 2.89. The standard InChI is InChI=1S/C14H17NO/c1-2-4-10(5-3-1)13-14(16-13)8-11-6-7-12(9-14)15-11/h1-5,11-13,15H,6-9H2/t11-,12+,13?,14-. The van der Waals surface area contributed by atoms with Crippen LogP contribution >= 0.6 is 0 Å². The molecule has 1 spiro atoms. The number of nitrogens with one attached hydrogen (secondary N) is 1. The Balaban J connectivity index is 1.59. The van der Waals surface area contributed by atoms with Gasteiger partial charge in [-0.2, -0.15) is 0 Å². The molecule has 3 aliphatic heterocycles. The van der Waals surface area contributed by atoms with Crippen molar-refractivity contribution >= 4 is 0 Å². The Labute approximate surface area is 96.0 Å². The van der Waals surface area contributed by atoms with E-state index in [2.05, 4.69) is 35.6 Å². The molecule has 3 aliphatic rings. The van der Waals surface area contributed by atoms with Gasteiger partial charge in [0.1, 0.15) is 11.7 Å². The SMILES string of the molecule is c1ccc(C2O[C@@]23C[C@H]2CC[C@@H](C3)N2)cc1. The van der Waals surface area contributed by atoms with E-state index in [-0.39, 0.29) is 5.60 Å². The van der Waals surface area contributed by atoms with E-state index in [4.69, 9.17) is 4.74 Å². The van der Waals surface area contributed by atoms with Crippen molar-refractivity contribution in [3.63, 3.8) is 0 Å². The Hall–Kier alpha value is -0.860. The summed E-state index contributed by atoms with van der Waals surface area (Å²) in [5.74, 6) is 0. The number of fused-ring (bicyclic) bond motifs is 2. The van der Waals surface area contributed by atoms with E-state index in [9.17, 15) is 0 Å². The van der Waals surface area contributed by atoms with Gasteiger partial charge in [-0.05, 0) is 31.2 Å². The quantitative estimate of drug-likeness (QED) is 0.728. The van der Waals surface area contributed by atoms with Gasteiger partial charge >= 0.3 is 0 Å². The molecule has 1 aromatic carbocycles. The molecule has 1 N–H and O–H groups in total. The highest BCUT2D eigenvalue weighted by molar-refractivity contribution is 5.28. The second kappa shape index (κ2) is 3.08. The molecule has 0 saturated carbocycles. The highest BCUT2D eigenvalue weighted by Gasteiger charge is 2.61. The molecule has 3 heterocycles. The first-order chi connectivity index (χ1) is 7.86. The molecule has 0 aromatic heterocycles. The molecule has 4 rings (SSSR count). The largest absolute Gasteiger partial charge is 0.361 e. The lowest BCUT2D eigenvalue weighted by Crippen LogP contribution is -2.42. The minimum atomic E-state index is 0.193. The molecular weight excluding hydrogens is 198 g/mol. The molecule has 4 atom stereocenters. The third-order valence-corrected chi connectivity index (χ3v) is 4.39. The maximum atomic E-state index is 6.07. The molecular formula is C14H17NO. The number of piperidine rings is 1. The Bertz CT molecular complexity index is 390. The number of rotatable bonds is 1. The fraction of sp³-hybridized carbons (Fsp3) is 0.571. The minimum Gasteiger partial charge on any atom is -0.361 e. The van der Waals surface area contributed by atoms with Gasteiger partial charge in [-0.15, -0.1) is 0 Å². The summed E-state index contributed by atoms with van der Waals surface area (Å²) in [5, 5.41) is 3.68. The van der Waals surface area contributed by atoms with E-state index in [1.54, 1.807) is 0 Å². The second-order valence-corrected chi connectivity index (χ2v) is 5.52. The Kier molecular flexibility index (Phi) is 1.77. The van der Waals surface area contributed by atoms with E-state index in [0.29, 0.717) is 18.2 Å². The van der Waals surface area contributed by atoms with Gasteiger partial charge in [0.05, 0.1) is 0 Å². The van der Waals surface area contributed by atoms with E-state index in [1.165, 1.54) is 31.2 Å². The summed E-state index contributed by atoms with van der Waals surface area (Å²) in [7, 11) is 0. The summed E-state index contributed by atoms with van der Waals surface area (Å²) in [4.78, 5) is 0. The molecule has 1 aromatic rings. The number of ether oxygens (including phenoxy) is 1. The van der Waals surface area contributed by atoms with E-state index in [0.717, 1.165) is 0 Å². The van der Waals surface area contributed by atoms with Gasteiger partial charge in [0, 0.05) is 12.1 Å². The molecule has 3 saturated heterocycles. The van der Waals surface area contributed by atoms with Gasteiger partial charge in [0.15, 0.2) is 0 Å². The van der Waals surface area contributed by atoms with Crippen molar-refractivity contribution < 1.29 is 4.74 Å². The number of hydrogen-bond acceptors (Lipinski definition) is 2. The molecule has 0 radical (unpaired) electrons. The Morgan fingerprint density at radius 2 is 1.75 bits per heavy atom. The minimum absolute atomic E-state index is 0.193. The monoisotopic (exact) mass is 215 g/mol. The Morgan fingerprint density at radius 3 is 2.44 bits per heavy atom. The molecule has 2 nitrogen and oxygen atoms in total. The van der Waals surface area contributed by atoms with Gasteiger partial charge in [-0.3, -0.25) is 0 Å². The van der Waals surface area contributed by atoms with Crippen molar-refractivity contribution in [2.45, 2.75) is 49.5 Å². The van der Waals surface area contributed by atoms with Crippen molar-refractivity contribution in [1.82, 2.24) is 5.32 Å². The van der Waals surface area contributed by atoms with Crippen molar-refractivity contribution in [2.24, 2.45) is 0 Å². The lowest BCUT2D eigenvalue weighted by molar-refractivity contribution is 0.208. The van der Waals surface area contributed by atoms with Crippen LogP contribution in [-0.4, -0.2) is 17.7 Å². The van der Waals surface area contributed by atoms with E-state index in [1.807, 2.05) is 0 Å². The van der Waals surface area contributed by atoms with Crippen LogP contribution in [0.2, 0.25) is 0 Å². The molecule has 0 amide bonds. The molecule has 3 fully saturated rings. The first-order valence-corrected chi connectivity index (χ1v) is 6.35. The fourth-order valence-corrected chi connectivity index (χ4v) is 3.65. The molecule has 1 unspecified atom stereocenters. The van der Waals surface area contributed by atoms with Crippen LogP contribution in [0.25, 0.3) is 0 Å². The van der Waals surface area contributed by atoms with Gasteiger partial charge in [-0.25, -0.2) is 0 Å². The van der Waals surface area contributed by atoms with Crippen LogP contribution in [0, 0.1) is 0 Å². The summed E-state index contributed by atoms with van der Waals surface area (Å²) >= 11 is 0. The average molecular weight is 215 g/mol. The fourth-order valence-electron chi connectivity index (χ4n) is 3.65. The lowest BCUT2D eigenvalue weighted by Gasteiger charge is -2.27. The van der Waals surface area contributed by atoms with Crippen molar-refractivity contribution in [2.75, 3.05) is 0 Å². The van der Waals surface area contributed by atoms with Crippen molar-refractivity contribution in [3.05, 3.63) is 35.9 Å². The zero-order valence-electron chi connectivity index (χ0n) is 9.36. The van der Waals surface area contributed by atoms with Gasteiger partial charge < -0.3 is 10.1 Å². The molecule has 16 heavy (non-hydrogen) atoms. The number of benzene rings is 1. The van der Waals surface area contributed by atoms with Crippen LogP contribution in [0.3, 0.4) is 0 Å². The number of hydrogen-bond donors (Lipinski definition) is 1. The third-order valence-electron chi connectivity index (χ3n) is 4.39. The van der Waals surface area contributed by atoms with Gasteiger partial charge in [-0.1, -0.05) is 30.3 Å². The summed E-state index contributed by atoms with van der Waals surface area (Å²) in [5.41, 5.74) is 1.56. The van der Waals surface area contributed by atoms with Crippen LogP contribution < -0.4 is 5.32 Å². The predicted octanol–water partition coefficient (Wildman–Crippen LogP) is 2.41. The molecule has 0 aliphatic carbocycles. The van der Waals surface area contributed by atoms with Crippen LogP contribution in [-0.2, 0) is 4.74 Å². The predicted molar refractivity (Wildman–Crippen MR) is 62.2 cm³/mol. The Morgan fingerprint density at radius 1 is 1.06 bits per heavy atom. The second-order valence-electron chi connectivity index (χ2n) is 5.52. The van der Waals surface area contributed by atoms with Crippen LogP contribution in [0.15, 0.2) is 30.3 Å². The smallest absolute Gasteiger partial charge is 0.112 e. The van der Waals surface area contributed by atoms with Crippen LogP contribution in [0.4, 0.5) is 0 Å². The van der Waals surface area contributed by atoms with Crippen molar-refractivity contribution in [1.29, 1.82) is 0 Å². The topological polar surface area (TPSA) is 24.6 Å². The zero-order valence-corrected chi connectivity index (χ0v) is 9.36.